The number of rotatable bonds is 5. The summed E-state index contributed by atoms with van der Waals surface area (Å²) in [7, 11) is 1.40. The maximum Gasteiger partial charge on any atom is 0.313 e. The first-order valence-electron chi connectivity index (χ1n) is 5.93. The maximum absolute atomic E-state index is 11.8. The van der Waals surface area contributed by atoms with Crippen molar-refractivity contribution in [3.63, 3.8) is 0 Å². The molecule has 1 N–H and O–H groups in total. The molecule has 0 radical (unpaired) electrons. The van der Waals surface area contributed by atoms with E-state index in [-0.39, 0.29) is 5.97 Å². The number of carbonyl (C=O) groups is 1. The lowest BCUT2D eigenvalue weighted by Gasteiger charge is -2.39. The van der Waals surface area contributed by atoms with Gasteiger partial charge < -0.3 is 10.1 Å². The fraction of sp³-hybridized carbons (Fsp3) is 0.750. The number of aryl methyl sites for hydroxylation is 1. The van der Waals surface area contributed by atoms with Gasteiger partial charge in [0.25, 0.3) is 0 Å². The van der Waals surface area contributed by atoms with E-state index in [4.69, 9.17) is 4.74 Å². The summed E-state index contributed by atoms with van der Waals surface area (Å²) in [6.07, 6.45) is 0.805. The Morgan fingerprint density at radius 1 is 1.39 bits per heavy atom. The van der Waals surface area contributed by atoms with Crippen LogP contribution in [0.25, 0.3) is 0 Å². The molecule has 0 aliphatic heterocycles. The Morgan fingerprint density at radius 2 is 2.00 bits per heavy atom. The smallest absolute Gasteiger partial charge is 0.313 e. The van der Waals surface area contributed by atoms with Crippen LogP contribution in [0.15, 0.2) is 0 Å². The first-order valence-corrected chi connectivity index (χ1v) is 6.71. The standard InChI is InChI=1S/C12H21N3O2S/c1-7-8-13-10(18-15-8)14-12(4,5)11(2,3)9(16)17-6/h7H2,1-6H3,(H,13,14,15). The van der Waals surface area contributed by atoms with Gasteiger partial charge in [-0.25, -0.2) is 4.98 Å². The Kier molecular flexibility index (Phi) is 4.32. The van der Waals surface area contributed by atoms with Crippen molar-refractivity contribution in [2.75, 3.05) is 12.4 Å². The van der Waals surface area contributed by atoms with Gasteiger partial charge in [-0.1, -0.05) is 6.92 Å². The summed E-state index contributed by atoms with van der Waals surface area (Å²) >= 11 is 1.31. The lowest BCUT2D eigenvalue weighted by atomic mass is 9.74. The Morgan fingerprint density at radius 3 is 2.44 bits per heavy atom. The van der Waals surface area contributed by atoms with Crippen molar-refractivity contribution in [1.29, 1.82) is 0 Å². The summed E-state index contributed by atoms with van der Waals surface area (Å²) in [5, 5.41) is 4.00. The average molecular weight is 271 g/mol. The minimum Gasteiger partial charge on any atom is -0.469 e. The van der Waals surface area contributed by atoms with Crippen LogP contribution < -0.4 is 5.32 Å². The van der Waals surface area contributed by atoms with Crippen LogP contribution in [0.3, 0.4) is 0 Å². The lowest BCUT2D eigenvalue weighted by Crippen LogP contribution is -2.51. The fourth-order valence-electron chi connectivity index (χ4n) is 1.38. The van der Waals surface area contributed by atoms with E-state index in [1.807, 2.05) is 34.6 Å². The van der Waals surface area contributed by atoms with Gasteiger partial charge in [0.1, 0.15) is 5.82 Å². The molecule has 0 unspecified atom stereocenters. The molecule has 1 aromatic rings. The zero-order chi connectivity index (χ0) is 14.0. The zero-order valence-corrected chi connectivity index (χ0v) is 12.6. The van der Waals surface area contributed by atoms with Crippen LogP contribution in [0.4, 0.5) is 5.13 Å². The summed E-state index contributed by atoms with van der Waals surface area (Å²) in [5.41, 5.74) is -1.15. The third-order valence-electron chi connectivity index (χ3n) is 3.46. The minimum atomic E-state index is -0.667. The fourth-order valence-corrected chi connectivity index (χ4v) is 2.19. The van der Waals surface area contributed by atoms with E-state index in [0.29, 0.717) is 0 Å². The summed E-state index contributed by atoms with van der Waals surface area (Å²) in [4.78, 5) is 16.2. The number of nitrogens with zero attached hydrogens (tertiary/aromatic N) is 2. The lowest BCUT2D eigenvalue weighted by molar-refractivity contribution is -0.153. The highest BCUT2D eigenvalue weighted by atomic mass is 32.1. The molecular weight excluding hydrogens is 250 g/mol. The molecule has 6 heteroatoms. The Balaban J connectivity index is 2.89. The van der Waals surface area contributed by atoms with E-state index in [2.05, 4.69) is 14.7 Å². The second-order valence-electron chi connectivity index (χ2n) is 5.24. The van der Waals surface area contributed by atoms with Crippen molar-refractivity contribution >= 4 is 22.6 Å². The third-order valence-corrected chi connectivity index (χ3v) is 4.13. The van der Waals surface area contributed by atoms with Gasteiger partial charge in [0.05, 0.1) is 12.5 Å². The molecular formula is C12H21N3O2S. The van der Waals surface area contributed by atoms with Crippen molar-refractivity contribution in [2.24, 2.45) is 5.41 Å². The molecule has 102 valence electrons. The maximum atomic E-state index is 11.8. The molecule has 0 amide bonds. The summed E-state index contributed by atoms with van der Waals surface area (Å²) < 4.78 is 9.07. The van der Waals surface area contributed by atoms with Crippen LogP contribution >= 0.6 is 11.5 Å². The highest BCUT2D eigenvalue weighted by Crippen LogP contribution is 2.35. The molecule has 0 saturated carbocycles. The van der Waals surface area contributed by atoms with E-state index >= 15 is 0 Å². The number of methoxy groups -OCH3 is 1. The molecule has 1 heterocycles. The monoisotopic (exact) mass is 271 g/mol. The van der Waals surface area contributed by atoms with E-state index < -0.39 is 11.0 Å². The van der Waals surface area contributed by atoms with Gasteiger partial charge in [-0.3, -0.25) is 4.79 Å². The number of aromatic nitrogens is 2. The number of hydrogen-bond donors (Lipinski definition) is 1. The number of anilines is 1. The van der Waals surface area contributed by atoms with E-state index in [1.54, 1.807) is 0 Å². The van der Waals surface area contributed by atoms with Crippen LogP contribution in [-0.2, 0) is 16.0 Å². The predicted octanol–water partition coefficient (Wildman–Crippen LogP) is 2.49. The van der Waals surface area contributed by atoms with Crippen molar-refractivity contribution < 1.29 is 9.53 Å². The van der Waals surface area contributed by atoms with Crippen molar-refractivity contribution in [3.05, 3.63) is 5.82 Å². The van der Waals surface area contributed by atoms with Gasteiger partial charge in [-0.2, -0.15) is 4.37 Å². The van der Waals surface area contributed by atoms with E-state index in [1.165, 1.54) is 18.6 Å². The molecule has 0 aliphatic carbocycles. The number of carbonyl (C=O) groups excluding carboxylic acids is 1. The Labute approximate surface area is 112 Å². The zero-order valence-electron chi connectivity index (χ0n) is 11.8. The SMILES string of the molecule is CCc1nsc(NC(C)(C)C(C)(C)C(=O)OC)n1. The number of esters is 1. The molecule has 0 saturated heterocycles. The quantitative estimate of drug-likeness (QED) is 0.834. The Bertz CT molecular complexity index is 427. The number of hydrogen-bond acceptors (Lipinski definition) is 6. The summed E-state index contributed by atoms with van der Waals surface area (Å²) in [6, 6.07) is 0. The van der Waals surface area contributed by atoms with E-state index in [9.17, 15) is 4.79 Å². The number of nitrogens with one attached hydrogen (secondary N) is 1. The van der Waals surface area contributed by atoms with Crippen LogP contribution in [0.2, 0.25) is 0 Å². The highest BCUT2D eigenvalue weighted by molar-refractivity contribution is 7.09. The van der Waals surface area contributed by atoms with Gasteiger partial charge in [0, 0.05) is 23.5 Å². The van der Waals surface area contributed by atoms with Crippen molar-refractivity contribution in [1.82, 2.24) is 9.36 Å². The van der Waals surface area contributed by atoms with Gasteiger partial charge in [0.15, 0.2) is 0 Å². The second-order valence-corrected chi connectivity index (χ2v) is 5.99. The molecule has 5 nitrogen and oxygen atoms in total. The number of ether oxygens (including phenoxy) is 1. The van der Waals surface area contributed by atoms with Crippen LogP contribution in [0.5, 0.6) is 0 Å². The first-order chi connectivity index (χ1) is 8.24. The van der Waals surface area contributed by atoms with Crippen molar-refractivity contribution in [2.45, 2.75) is 46.6 Å². The minimum absolute atomic E-state index is 0.250. The third kappa shape index (κ3) is 2.80. The molecule has 18 heavy (non-hydrogen) atoms. The highest BCUT2D eigenvalue weighted by Gasteiger charge is 2.44. The molecule has 1 aromatic heterocycles. The largest absolute Gasteiger partial charge is 0.469 e. The molecule has 0 aliphatic rings. The first kappa shape index (κ1) is 14.9. The van der Waals surface area contributed by atoms with Gasteiger partial charge in [0.2, 0.25) is 5.13 Å². The predicted molar refractivity (Wildman–Crippen MR) is 72.8 cm³/mol. The molecule has 0 atom stereocenters. The van der Waals surface area contributed by atoms with Crippen LogP contribution in [-0.4, -0.2) is 28.0 Å². The summed E-state index contributed by atoms with van der Waals surface area (Å²) in [6.45, 7) is 9.63. The molecule has 0 bridgehead atoms. The topological polar surface area (TPSA) is 64.1 Å². The van der Waals surface area contributed by atoms with Crippen LogP contribution in [0, 0.1) is 5.41 Å². The molecule has 0 aromatic carbocycles. The molecule has 0 spiro atoms. The van der Waals surface area contributed by atoms with E-state index in [0.717, 1.165) is 17.4 Å². The van der Waals surface area contributed by atoms with Gasteiger partial charge in [-0.15, -0.1) is 0 Å². The summed E-state index contributed by atoms with van der Waals surface area (Å²) in [5.74, 6) is 0.564. The van der Waals surface area contributed by atoms with Gasteiger partial charge in [-0.05, 0) is 27.7 Å². The molecule has 0 fully saturated rings. The molecule has 1 rings (SSSR count). The van der Waals surface area contributed by atoms with Crippen LogP contribution in [0.1, 0.15) is 40.4 Å². The van der Waals surface area contributed by atoms with Gasteiger partial charge >= 0.3 is 5.97 Å². The normalized spacial score (nSPS) is 12.3. The Hall–Kier alpha value is -1.17. The average Bonchev–Trinajstić information content (AvgIpc) is 2.74. The van der Waals surface area contributed by atoms with Crippen molar-refractivity contribution in [3.8, 4) is 0 Å². The second kappa shape index (κ2) is 5.22.